The van der Waals surface area contributed by atoms with E-state index in [1.165, 1.54) is 23.7 Å². The number of alkyl halides is 3. The molecule has 0 aromatic heterocycles. The van der Waals surface area contributed by atoms with E-state index in [1.807, 2.05) is 37.3 Å². The second-order valence-electron chi connectivity index (χ2n) is 9.33. The maximum Gasteiger partial charge on any atom is 0.433 e. The number of rotatable bonds is 4. The van der Waals surface area contributed by atoms with Crippen LogP contribution in [0.25, 0.3) is 0 Å². The van der Waals surface area contributed by atoms with Crippen molar-refractivity contribution >= 4 is 11.6 Å². The Morgan fingerprint density at radius 3 is 2.31 bits per heavy atom. The fraction of sp³-hybridized carbons (Fsp3) is 0.333. The van der Waals surface area contributed by atoms with E-state index in [4.69, 9.17) is 0 Å². The monoisotopic (exact) mass is 495 g/mol. The van der Waals surface area contributed by atoms with Crippen molar-refractivity contribution in [1.29, 1.82) is 0 Å². The van der Waals surface area contributed by atoms with Gasteiger partial charge in [-0.1, -0.05) is 60.2 Å². The highest BCUT2D eigenvalue weighted by Gasteiger charge is 2.48. The highest BCUT2D eigenvalue weighted by Crippen LogP contribution is 2.39. The molecule has 5 rings (SSSR count). The molecule has 6 nitrogen and oxygen atoms in total. The minimum absolute atomic E-state index is 0.115. The number of hydrazine groups is 1. The first-order valence-electron chi connectivity index (χ1n) is 11.9. The van der Waals surface area contributed by atoms with Gasteiger partial charge in [-0.25, -0.2) is 10.0 Å². The molecule has 3 aliphatic rings. The van der Waals surface area contributed by atoms with Gasteiger partial charge in [-0.05, 0) is 24.6 Å². The minimum atomic E-state index is -4.61. The number of nitrogens with zero attached hydrogens (tertiary/aromatic N) is 5. The van der Waals surface area contributed by atoms with Crippen LogP contribution in [0.4, 0.5) is 13.2 Å². The Morgan fingerprint density at radius 2 is 1.67 bits per heavy atom. The average Bonchev–Trinajstić information content (AvgIpc) is 3.20. The molecule has 0 bridgehead atoms. The summed E-state index contributed by atoms with van der Waals surface area (Å²) in [5.41, 5.74) is 2.18. The molecule has 9 heteroatoms. The van der Waals surface area contributed by atoms with Gasteiger partial charge in [0.2, 0.25) is 5.91 Å². The number of amides is 1. The molecule has 36 heavy (non-hydrogen) atoms. The van der Waals surface area contributed by atoms with E-state index >= 15 is 0 Å². The predicted molar refractivity (Wildman–Crippen MR) is 132 cm³/mol. The quantitative estimate of drug-likeness (QED) is 0.644. The first-order chi connectivity index (χ1) is 17.2. The standard InChI is InChI=1S/C27H28F3N5O/c1-19-8-10-21(11-9-19)22-16-24(27(28,29)30)35-25(31-22)17-23(32(35)2)26(36)34-14-12-33(13-15-34)18-20-6-4-3-5-7-20/h3-11,16-17,23H,12-15,18H2,1-2H3. The first-order valence-corrected chi connectivity index (χ1v) is 11.9. The Bertz CT molecular complexity index is 1210. The normalized spacial score (nSPS) is 21.1. The van der Waals surface area contributed by atoms with E-state index in [9.17, 15) is 18.0 Å². The molecule has 1 fully saturated rings. The molecule has 0 spiro atoms. The summed E-state index contributed by atoms with van der Waals surface area (Å²) >= 11 is 0. The number of halogens is 3. The van der Waals surface area contributed by atoms with Crippen molar-refractivity contribution in [3.8, 4) is 0 Å². The van der Waals surface area contributed by atoms with Crippen molar-refractivity contribution in [1.82, 2.24) is 19.8 Å². The second kappa shape index (κ2) is 9.55. The van der Waals surface area contributed by atoms with Crippen LogP contribution in [0.15, 0.2) is 83.3 Å². The lowest BCUT2D eigenvalue weighted by atomic mass is 10.1. The third-order valence-electron chi connectivity index (χ3n) is 6.80. The van der Waals surface area contributed by atoms with Crippen LogP contribution >= 0.6 is 0 Å². The molecule has 188 valence electrons. The summed E-state index contributed by atoms with van der Waals surface area (Å²) in [5, 5.41) is 2.34. The van der Waals surface area contributed by atoms with Crippen molar-refractivity contribution in [3.05, 3.63) is 95.0 Å². The SMILES string of the molecule is Cc1ccc(C2=NC3=CC(C(=O)N4CCN(Cc5ccccc5)CC4)N(C)N3C(C(F)(F)F)=C2)cc1. The minimum Gasteiger partial charge on any atom is -0.338 e. The van der Waals surface area contributed by atoms with Crippen molar-refractivity contribution < 1.29 is 18.0 Å². The summed E-state index contributed by atoms with van der Waals surface area (Å²) in [6, 6.07) is 16.5. The van der Waals surface area contributed by atoms with Gasteiger partial charge in [-0.3, -0.25) is 14.7 Å². The van der Waals surface area contributed by atoms with Crippen molar-refractivity contribution in [2.75, 3.05) is 33.2 Å². The van der Waals surface area contributed by atoms with Crippen LogP contribution in [0.3, 0.4) is 0 Å². The Labute approximate surface area is 208 Å². The van der Waals surface area contributed by atoms with E-state index in [0.29, 0.717) is 31.7 Å². The van der Waals surface area contributed by atoms with E-state index in [-0.39, 0.29) is 17.4 Å². The highest BCUT2D eigenvalue weighted by molar-refractivity contribution is 6.10. The molecule has 1 amide bonds. The van der Waals surface area contributed by atoms with Gasteiger partial charge in [0.15, 0.2) is 0 Å². The number of carbonyl (C=O) groups is 1. The van der Waals surface area contributed by atoms with Gasteiger partial charge in [-0.15, -0.1) is 0 Å². The van der Waals surface area contributed by atoms with Crippen molar-refractivity contribution in [2.24, 2.45) is 4.99 Å². The molecule has 1 atom stereocenters. The first kappa shape index (κ1) is 24.3. The van der Waals surface area contributed by atoms with Gasteiger partial charge < -0.3 is 4.90 Å². The van der Waals surface area contributed by atoms with Crippen LogP contribution in [0, 0.1) is 6.92 Å². The molecule has 0 N–H and O–H groups in total. The molecule has 1 unspecified atom stereocenters. The highest BCUT2D eigenvalue weighted by atomic mass is 19.4. The molecule has 2 aromatic rings. The van der Waals surface area contributed by atoms with Crippen molar-refractivity contribution in [2.45, 2.75) is 25.7 Å². The summed E-state index contributed by atoms with van der Waals surface area (Å²) in [7, 11) is 1.50. The number of piperazine rings is 1. The summed E-state index contributed by atoms with van der Waals surface area (Å²) in [6.45, 7) is 5.19. The van der Waals surface area contributed by atoms with Gasteiger partial charge in [0, 0.05) is 45.3 Å². The molecule has 3 aliphatic heterocycles. The number of benzene rings is 2. The topological polar surface area (TPSA) is 42.4 Å². The molecular weight excluding hydrogens is 467 g/mol. The number of carbonyl (C=O) groups excluding carboxylic acids is 1. The zero-order valence-electron chi connectivity index (χ0n) is 20.2. The Hall–Kier alpha value is -3.43. The average molecular weight is 496 g/mol. The number of hydrogen-bond donors (Lipinski definition) is 0. The van der Waals surface area contributed by atoms with Crippen LogP contribution in [0.1, 0.15) is 16.7 Å². The van der Waals surface area contributed by atoms with Crippen LogP contribution in [-0.2, 0) is 11.3 Å². The van der Waals surface area contributed by atoms with Crippen molar-refractivity contribution in [3.63, 3.8) is 0 Å². The Kier molecular flexibility index (Phi) is 6.44. The number of aliphatic imine (C=N–C) groups is 1. The fourth-order valence-electron chi connectivity index (χ4n) is 4.79. The molecule has 3 heterocycles. The van der Waals surface area contributed by atoms with Gasteiger partial charge in [0.1, 0.15) is 17.6 Å². The largest absolute Gasteiger partial charge is 0.433 e. The van der Waals surface area contributed by atoms with Crippen LogP contribution in [0.5, 0.6) is 0 Å². The lowest BCUT2D eigenvalue weighted by Crippen LogP contribution is -2.54. The molecule has 0 aliphatic carbocycles. The van der Waals surface area contributed by atoms with Gasteiger partial charge in [0.05, 0.1) is 5.71 Å². The van der Waals surface area contributed by atoms with E-state index in [2.05, 4.69) is 22.0 Å². The molecular formula is C27H28F3N5O. The summed E-state index contributed by atoms with van der Waals surface area (Å²) in [5.74, 6) is -0.101. The van der Waals surface area contributed by atoms with Crippen LogP contribution in [-0.4, -0.2) is 76.9 Å². The van der Waals surface area contributed by atoms with Gasteiger partial charge in [0.25, 0.3) is 0 Å². The summed E-state index contributed by atoms with van der Waals surface area (Å²) in [6.07, 6.45) is -2.03. The zero-order chi connectivity index (χ0) is 25.4. The van der Waals surface area contributed by atoms with Gasteiger partial charge >= 0.3 is 6.18 Å². The number of allylic oxidation sites excluding steroid dienone is 2. The number of likely N-dealkylation sites (N-methyl/N-ethyl adjacent to an activating group) is 1. The maximum absolute atomic E-state index is 14.1. The van der Waals surface area contributed by atoms with Crippen LogP contribution in [0.2, 0.25) is 0 Å². The lowest BCUT2D eigenvalue weighted by Gasteiger charge is -2.38. The molecule has 1 saturated heterocycles. The molecule has 0 saturated carbocycles. The summed E-state index contributed by atoms with van der Waals surface area (Å²) < 4.78 is 42.3. The number of hydrogen-bond acceptors (Lipinski definition) is 5. The smallest absolute Gasteiger partial charge is 0.338 e. The zero-order valence-corrected chi connectivity index (χ0v) is 20.2. The fourth-order valence-corrected chi connectivity index (χ4v) is 4.79. The summed E-state index contributed by atoms with van der Waals surface area (Å²) in [4.78, 5) is 21.9. The third-order valence-corrected chi connectivity index (χ3v) is 6.80. The third kappa shape index (κ3) is 4.81. The number of fused-ring (bicyclic) bond motifs is 1. The van der Waals surface area contributed by atoms with E-state index in [0.717, 1.165) is 23.2 Å². The maximum atomic E-state index is 14.1. The predicted octanol–water partition coefficient (Wildman–Crippen LogP) is 3.96. The van der Waals surface area contributed by atoms with E-state index in [1.54, 1.807) is 17.0 Å². The number of aryl methyl sites for hydroxylation is 1. The molecule has 0 radical (unpaired) electrons. The Morgan fingerprint density at radius 1 is 1.00 bits per heavy atom. The van der Waals surface area contributed by atoms with Crippen LogP contribution < -0.4 is 0 Å². The molecule has 2 aromatic carbocycles. The Balaban J connectivity index is 1.34. The second-order valence-corrected chi connectivity index (χ2v) is 9.33. The lowest BCUT2D eigenvalue weighted by molar-refractivity contribution is -0.147. The van der Waals surface area contributed by atoms with E-state index < -0.39 is 17.9 Å². The van der Waals surface area contributed by atoms with Gasteiger partial charge in [-0.2, -0.15) is 13.2 Å².